The maximum Gasteiger partial charge on any atom is 0.254 e. The topological polar surface area (TPSA) is 96.0 Å². The van der Waals surface area contributed by atoms with E-state index in [4.69, 9.17) is 4.74 Å². The SMILES string of the molecule is C=CCNS(=O)(=O)c1cccc(C(=O)N2CCN(C(=O)C3CCCO3)CC2)c1. The van der Waals surface area contributed by atoms with Crippen molar-refractivity contribution in [3.63, 3.8) is 0 Å². The van der Waals surface area contributed by atoms with E-state index in [0.29, 0.717) is 38.3 Å². The molecule has 0 aliphatic carbocycles. The molecule has 2 saturated heterocycles. The van der Waals surface area contributed by atoms with E-state index < -0.39 is 10.0 Å². The van der Waals surface area contributed by atoms with Crippen molar-refractivity contribution in [1.82, 2.24) is 14.5 Å². The van der Waals surface area contributed by atoms with E-state index in [-0.39, 0.29) is 29.4 Å². The van der Waals surface area contributed by atoms with Gasteiger partial charge in [-0.05, 0) is 31.0 Å². The molecule has 0 spiro atoms. The number of carbonyl (C=O) groups is 2. The Hall–Kier alpha value is -2.23. The van der Waals surface area contributed by atoms with Crippen LogP contribution in [0.3, 0.4) is 0 Å². The minimum Gasteiger partial charge on any atom is -0.368 e. The molecule has 3 rings (SSSR count). The van der Waals surface area contributed by atoms with E-state index in [0.717, 1.165) is 12.8 Å². The van der Waals surface area contributed by atoms with Crippen LogP contribution in [0, 0.1) is 0 Å². The molecule has 0 saturated carbocycles. The smallest absolute Gasteiger partial charge is 0.254 e. The van der Waals surface area contributed by atoms with Crippen LogP contribution in [0.1, 0.15) is 23.2 Å². The molecule has 2 fully saturated rings. The average Bonchev–Trinajstić information content (AvgIpc) is 3.26. The molecule has 1 aromatic rings. The Morgan fingerprint density at radius 2 is 1.93 bits per heavy atom. The molecule has 0 bridgehead atoms. The molecule has 8 nitrogen and oxygen atoms in total. The minimum absolute atomic E-state index is 0.00835. The monoisotopic (exact) mass is 407 g/mol. The zero-order valence-electron chi connectivity index (χ0n) is 15.7. The summed E-state index contributed by atoms with van der Waals surface area (Å²) in [6.07, 6.45) is 2.74. The summed E-state index contributed by atoms with van der Waals surface area (Å²) in [6, 6.07) is 5.96. The van der Waals surface area contributed by atoms with Crippen LogP contribution in [-0.2, 0) is 19.6 Å². The molecule has 9 heteroatoms. The number of amides is 2. The van der Waals surface area contributed by atoms with E-state index in [2.05, 4.69) is 11.3 Å². The van der Waals surface area contributed by atoms with Crippen molar-refractivity contribution in [3.8, 4) is 0 Å². The molecule has 1 atom stereocenters. The van der Waals surface area contributed by atoms with Crippen molar-refractivity contribution < 1.29 is 22.7 Å². The van der Waals surface area contributed by atoms with E-state index in [1.807, 2.05) is 0 Å². The van der Waals surface area contributed by atoms with Gasteiger partial charge in [0, 0.05) is 44.9 Å². The van der Waals surface area contributed by atoms with Crippen LogP contribution in [-0.4, -0.2) is 75.5 Å². The van der Waals surface area contributed by atoms with Gasteiger partial charge in [0.25, 0.3) is 11.8 Å². The molecule has 28 heavy (non-hydrogen) atoms. The van der Waals surface area contributed by atoms with E-state index >= 15 is 0 Å². The first-order valence-corrected chi connectivity index (χ1v) is 10.8. The summed E-state index contributed by atoms with van der Waals surface area (Å²) in [5, 5.41) is 0. The molecular formula is C19H25N3O5S. The fraction of sp³-hybridized carbons (Fsp3) is 0.474. The Labute approximate surface area is 165 Å². The van der Waals surface area contributed by atoms with Crippen molar-refractivity contribution in [1.29, 1.82) is 0 Å². The first kappa shape index (κ1) is 20.5. The fourth-order valence-corrected chi connectivity index (χ4v) is 4.38. The van der Waals surface area contributed by atoms with Crippen LogP contribution in [0.5, 0.6) is 0 Å². The highest BCUT2D eigenvalue weighted by molar-refractivity contribution is 7.89. The van der Waals surface area contributed by atoms with Gasteiger partial charge in [0.15, 0.2) is 0 Å². The zero-order chi connectivity index (χ0) is 20.1. The second kappa shape index (κ2) is 8.85. The fourth-order valence-electron chi connectivity index (χ4n) is 3.34. The number of piperazine rings is 1. The second-order valence-corrected chi connectivity index (χ2v) is 8.55. The van der Waals surface area contributed by atoms with Crippen LogP contribution in [0.4, 0.5) is 0 Å². The van der Waals surface area contributed by atoms with Crippen LogP contribution < -0.4 is 4.72 Å². The molecular weight excluding hydrogens is 382 g/mol. The molecule has 1 unspecified atom stereocenters. The largest absolute Gasteiger partial charge is 0.368 e. The van der Waals surface area contributed by atoms with Crippen molar-refractivity contribution >= 4 is 21.8 Å². The molecule has 152 valence electrons. The van der Waals surface area contributed by atoms with Gasteiger partial charge in [-0.2, -0.15) is 0 Å². The third kappa shape index (κ3) is 4.60. The standard InChI is InChI=1S/C19H25N3O5S/c1-2-8-20-28(25,26)16-6-3-5-15(14-16)18(23)21-9-11-22(12-10-21)19(24)17-7-4-13-27-17/h2-3,5-6,14,17,20H,1,4,7-13H2. The summed E-state index contributed by atoms with van der Waals surface area (Å²) < 4.78 is 32.3. The average molecular weight is 407 g/mol. The molecule has 2 heterocycles. The molecule has 1 aromatic carbocycles. The zero-order valence-corrected chi connectivity index (χ0v) is 16.5. The summed E-state index contributed by atoms with van der Waals surface area (Å²) in [7, 11) is -3.70. The summed E-state index contributed by atoms with van der Waals surface area (Å²) in [5.74, 6) is -0.254. The lowest BCUT2D eigenvalue weighted by atomic mass is 10.1. The minimum atomic E-state index is -3.70. The van der Waals surface area contributed by atoms with Gasteiger partial charge in [-0.1, -0.05) is 12.1 Å². The van der Waals surface area contributed by atoms with Crippen LogP contribution in [0.15, 0.2) is 41.8 Å². The predicted molar refractivity (Wildman–Crippen MR) is 103 cm³/mol. The van der Waals surface area contributed by atoms with E-state index in [9.17, 15) is 18.0 Å². The molecule has 2 aliphatic heterocycles. The van der Waals surface area contributed by atoms with Crippen LogP contribution >= 0.6 is 0 Å². The van der Waals surface area contributed by atoms with E-state index in [1.54, 1.807) is 21.9 Å². The summed E-state index contributed by atoms with van der Waals surface area (Å²) in [6.45, 7) is 5.92. The van der Waals surface area contributed by atoms with Gasteiger partial charge in [0.2, 0.25) is 10.0 Å². The number of nitrogens with zero attached hydrogens (tertiary/aromatic N) is 2. The number of carbonyl (C=O) groups excluding carboxylic acids is 2. The first-order chi connectivity index (χ1) is 13.4. The Balaban J connectivity index is 1.63. The highest BCUT2D eigenvalue weighted by Gasteiger charge is 2.31. The van der Waals surface area contributed by atoms with Gasteiger partial charge in [-0.15, -0.1) is 6.58 Å². The Bertz CT molecular complexity index is 841. The number of rotatable bonds is 6. The first-order valence-electron chi connectivity index (χ1n) is 9.32. The summed E-state index contributed by atoms with van der Waals surface area (Å²) in [4.78, 5) is 28.6. The Morgan fingerprint density at radius 3 is 2.57 bits per heavy atom. The number of hydrogen-bond donors (Lipinski definition) is 1. The predicted octanol–water partition coefficient (Wildman–Crippen LogP) is 0.614. The highest BCUT2D eigenvalue weighted by atomic mass is 32.2. The molecule has 0 aromatic heterocycles. The van der Waals surface area contributed by atoms with Crippen LogP contribution in [0.2, 0.25) is 0 Å². The van der Waals surface area contributed by atoms with Gasteiger partial charge in [0.1, 0.15) is 6.10 Å². The quantitative estimate of drug-likeness (QED) is 0.698. The van der Waals surface area contributed by atoms with Crippen molar-refractivity contribution in [2.45, 2.75) is 23.8 Å². The second-order valence-electron chi connectivity index (χ2n) is 6.79. The number of hydrogen-bond acceptors (Lipinski definition) is 5. The lowest BCUT2D eigenvalue weighted by Gasteiger charge is -2.35. The van der Waals surface area contributed by atoms with Crippen molar-refractivity contribution in [2.24, 2.45) is 0 Å². The van der Waals surface area contributed by atoms with Crippen molar-refractivity contribution in [3.05, 3.63) is 42.5 Å². The lowest BCUT2D eigenvalue weighted by molar-refractivity contribution is -0.142. The Kier molecular flexibility index (Phi) is 6.48. The number of sulfonamides is 1. The molecule has 2 amide bonds. The molecule has 2 aliphatic rings. The highest BCUT2D eigenvalue weighted by Crippen LogP contribution is 2.18. The van der Waals surface area contributed by atoms with Gasteiger partial charge in [-0.25, -0.2) is 13.1 Å². The van der Waals surface area contributed by atoms with Crippen LogP contribution in [0.25, 0.3) is 0 Å². The maximum absolute atomic E-state index is 12.8. The third-order valence-corrected chi connectivity index (χ3v) is 6.31. The number of benzene rings is 1. The third-order valence-electron chi connectivity index (χ3n) is 4.89. The van der Waals surface area contributed by atoms with Crippen molar-refractivity contribution in [2.75, 3.05) is 39.3 Å². The number of nitrogens with one attached hydrogen (secondary N) is 1. The molecule has 0 radical (unpaired) electrons. The van der Waals surface area contributed by atoms with Gasteiger partial charge >= 0.3 is 0 Å². The van der Waals surface area contributed by atoms with E-state index in [1.165, 1.54) is 18.2 Å². The maximum atomic E-state index is 12.8. The summed E-state index contributed by atoms with van der Waals surface area (Å²) in [5.41, 5.74) is 0.306. The lowest BCUT2D eigenvalue weighted by Crippen LogP contribution is -2.52. The molecule has 1 N–H and O–H groups in total. The van der Waals surface area contributed by atoms with Gasteiger partial charge in [0.05, 0.1) is 4.90 Å². The summed E-state index contributed by atoms with van der Waals surface area (Å²) >= 11 is 0. The normalized spacial score (nSPS) is 20.2. The van der Waals surface area contributed by atoms with Gasteiger partial charge < -0.3 is 14.5 Å². The Morgan fingerprint density at radius 1 is 1.21 bits per heavy atom. The van der Waals surface area contributed by atoms with Gasteiger partial charge in [-0.3, -0.25) is 9.59 Å². The number of ether oxygens (including phenoxy) is 1.